The number of aryl methyl sites for hydroxylation is 2. The molecule has 82 valence electrons. The Hall–Kier alpha value is -0.820. The van der Waals surface area contributed by atoms with E-state index in [1.165, 1.54) is 29.5 Å². The average Bonchev–Trinajstić information content (AvgIpc) is 2.15. The third kappa shape index (κ3) is 2.23. The van der Waals surface area contributed by atoms with E-state index in [4.69, 9.17) is 5.73 Å². The molecule has 1 aliphatic rings. The van der Waals surface area contributed by atoms with Gasteiger partial charge in [0.15, 0.2) is 0 Å². The first-order chi connectivity index (χ1) is 6.97. The van der Waals surface area contributed by atoms with Crippen LogP contribution in [0.5, 0.6) is 0 Å². The van der Waals surface area contributed by atoms with Gasteiger partial charge in [0.05, 0.1) is 0 Å². The molecule has 0 saturated heterocycles. The van der Waals surface area contributed by atoms with Crippen LogP contribution in [0.3, 0.4) is 0 Å². The monoisotopic (exact) mass is 203 g/mol. The number of fused-ring (bicyclic) bond motifs is 1. The second kappa shape index (κ2) is 3.64. The molecule has 2 N–H and O–H groups in total. The molecule has 0 saturated carbocycles. The topological polar surface area (TPSA) is 26.0 Å². The first-order valence-corrected chi connectivity index (χ1v) is 5.84. The van der Waals surface area contributed by atoms with Crippen molar-refractivity contribution in [1.29, 1.82) is 0 Å². The van der Waals surface area contributed by atoms with Crippen LogP contribution in [0.1, 0.15) is 37.0 Å². The lowest BCUT2D eigenvalue weighted by Crippen LogP contribution is -2.43. The SMILES string of the molecule is Cc1ccc2c(c1)CCC(C(C)(C)N)C2. The minimum Gasteiger partial charge on any atom is -0.325 e. The molecule has 0 amide bonds. The Bertz CT molecular complexity index is 360. The average molecular weight is 203 g/mol. The summed E-state index contributed by atoms with van der Waals surface area (Å²) < 4.78 is 0. The van der Waals surface area contributed by atoms with Crippen molar-refractivity contribution in [3.63, 3.8) is 0 Å². The predicted octanol–water partition coefficient (Wildman–Crippen LogP) is 2.84. The number of nitrogens with two attached hydrogens (primary N) is 1. The van der Waals surface area contributed by atoms with E-state index in [1.807, 2.05) is 0 Å². The molecule has 1 unspecified atom stereocenters. The van der Waals surface area contributed by atoms with Gasteiger partial charge in [0.2, 0.25) is 0 Å². The van der Waals surface area contributed by atoms with Crippen molar-refractivity contribution < 1.29 is 0 Å². The standard InChI is InChI=1S/C14H21N/c1-10-4-5-12-9-13(14(2,3)15)7-6-11(12)8-10/h4-5,8,13H,6-7,9,15H2,1-3H3. The number of rotatable bonds is 1. The molecule has 15 heavy (non-hydrogen) atoms. The zero-order valence-corrected chi connectivity index (χ0v) is 10.0. The second-order valence-corrected chi connectivity index (χ2v) is 5.53. The summed E-state index contributed by atoms with van der Waals surface area (Å²) in [7, 11) is 0. The van der Waals surface area contributed by atoms with Crippen molar-refractivity contribution >= 4 is 0 Å². The predicted molar refractivity (Wildman–Crippen MR) is 65.0 cm³/mol. The van der Waals surface area contributed by atoms with Gasteiger partial charge in [-0.2, -0.15) is 0 Å². The highest BCUT2D eigenvalue weighted by Crippen LogP contribution is 2.31. The van der Waals surface area contributed by atoms with Crippen LogP contribution in [0.25, 0.3) is 0 Å². The first-order valence-electron chi connectivity index (χ1n) is 5.84. The Labute approximate surface area is 92.7 Å². The molecule has 0 aromatic heterocycles. The van der Waals surface area contributed by atoms with E-state index in [0.717, 1.165) is 6.42 Å². The first kappa shape index (κ1) is 10.7. The van der Waals surface area contributed by atoms with Gasteiger partial charge in [0.1, 0.15) is 0 Å². The lowest BCUT2D eigenvalue weighted by molar-refractivity contribution is 0.288. The van der Waals surface area contributed by atoms with Crippen molar-refractivity contribution in [2.75, 3.05) is 0 Å². The van der Waals surface area contributed by atoms with Crippen molar-refractivity contribution in [2.24, 2.45) is 11.7 Å². The van der Waals surface area contributed by atoms with Crippen LogP contribution >= 0.6 is 0 Å². The van der Waals surface area contributed by atoms with E-state index in [-0.39, 0.29) is 5.54 Å². The largest absolute Gasteiger partial charge is 0.325 e. The summed E-state index contributed by atoms with van der Waals surface area (Å²) >= 11 is 0. The Morgan fingerprint density at radius 2 is 2.00 bits per heavy atom. The second-order valence-electron chi connectivity index (χ2n) is 5.53. The van der Waals surface area contributed by atoms with E-state index in [1.54, 1.807) is 0 Å². The lowest BCUT2D eigenvalue weighted by Gasteiger charge is -2.34. The fourth-order valence-corrected chi connectivity index (χ4v) is 2.52. The molecule has 0 spiro atoms. The molecule has 0 radical (unpaired) electrons. The summed E-state index contributed by atoms with van der Waals surface area (Å²) in [5.41, 5.74) is 10.6. The molecule has 1 aromatic carbocycles. The summed E-state index contributed by atoms with van der Waals surface area (Å²) in [6.07, 6.45) is 3.58. The molecule has 1 aromatic rings. The van der Waals surface area contributed by atoms with Gasteiger partial charge in [-0.3, -0.25) is 0 Å². The third-order valence-electron chi connectivity index (χ3n) is 3.64. The Morgan fingerprint density at radius 3 is 2.67 bits per heavy atom. The number of benzene rings is 1. The molecule has 1 aliphatic carbocycles. The van der Waals surface area contributed by atoms with Gasteiger partial charge in [-0.25, -0.2) is 0 Å². The van der Waals surface area contributed by atoms with Gasteiger partial charge >= 0.3 is 0 Å². The summed E-state index contributed by atoms with van der Waals surface area (Å²) in [5, 5.41) is 0. The maximum absolute atomic E-state index is 6.20. The van der Waals surface area contributed by atoms with E-state index in [0.29, 0.717) is 5.92 Å². The van der Waals surface area contributed by atoms with E-state index in [9.17, 15) is 0 Å². The van der Waals surface area contributed by atoms with Gasteiger partial charge < -0.3 is 5.73 Å². The molecule has 1 nitrogen and oxygen atoms in total. The van der Waals surface area contributed by atoms with Gasteiger partial charge in [0.25, 0.3) is 0 Å². The summed E-state index contributed by atoms with van der Waals surface area (Å²) in [6, 6.07) is 6.82. The van der Waals surface area contributed by atoms with Crippen molar-refractivity contribution in [1.82, 2.24) is 0 Å². The van der Waals surface area contributed by atoms with Crippen LogP contribution in [0.4, 0.5) is 0 Å². The Kier molecular flexibility index (Phi) is 2.59. The van der Waals surface area contributed by atoms with Crippen LogP contribution < -0.4 is 5.73 Å². The zero-order valence-electron chi connectivity index (χ0n) is 10.0. The normalized spacial score (nSPS) is 21.2. The van der Waals surface area contributed by atoms with E-state index >= 15 is 0 Å². The van der Waals surface area contributed by atoms with Crippen molar-refractivity contribution in [3.05, 3.63) is 34.9 Å². The minimum atomic E-state index is -0.0391. The van der Waals surface area contributed by atoms with E-state index in [2.05, 4.69) is 39.0 Å². The van der Waals surface area contributed by atoms with Crippen LogP contribution in [-0.2, 0) is 12.8 Å². The molecule has 1 atom stereocenters. The van der Waals surface area contributed by atoms with Gasteiger partial charge in [-0.05, 0) is 57.1 Å². The smallest absolute Gasteiger partial charge is 0.0129 e. The minimum absolute atomic E-state index is 0.0391. The summed E-state index contributed by atoms with van der Waals surface area (Å²) in [5.74, 6) is 0.632. The van der Waals surface area contributed by atoms with Crippen molar-refractivity contribution in [2.45, 2.75) is 45.6 Å². The highest BCUT2D eigenvalue weighted by Gasteiger charge is 2.28. The fraction of sp³-hybridized carbons (Fsp3) is 0.571. The Morgan fingerprint density at radius 1 is 1.27 bits per heavy atom. The lowest BCUT2D eigenvalue weighted by atomic mass is 9.74. The molecular formula is C14H21N. The maximum Gasteiger partial charge on any atom is 0.0129 e. The molecule has 0 aliphatic heterocycles. The molecule has 0 heterocycles. The highest BCUT2D eigenvalue weighted by atomic mass is 14.7. The molecular weight excluding hydrogens is 182 g/mol. The maximum atomic E-state index is 6.20. The molecule has 0 bridgehead atoms. The summed E-state index contributed by atoms with van der Waals surface area (Å²) in [4.78, 5) is 0. The number of hydrogen-bond donors (Lipinski definition) is 1. The van der Waals surface area contributed by atoms with Crippen LogP contribution in [-0.4, -0.2) is 5.54 Å². The molecule has 2 rings (SSSR count). The summed E-state index contributed by atoms with van der Waals surface area (Å²) in [6.45, 7) is 6.47. The van der Waals surface area contributed by atoms with Gasteiger partial charge in [-0.1, -0.05) is 23.8 Å². The number of hydrogen-bond acceptors (Lipinski definition) is 1. The van der Waals surface area contributed by atoms with Gasteiger partial charge in [-0.15, -0.1) is 0 Å². The molecule has 0 fully saturated rings. The fourth-order valence-electron chi connectivity index (χ4n) is 2.52. The Balaban J connectivity index is 2.24. The quantitative estimate of drug-likeness (QED) is 0.746. The van der Waals surface area contributed by atoms with Gasteiger partial charge in [0, 0.05) is 5.54 Å². The zero-order chi connectivity index (χ0) is 11.1. The van der Waals surface area contributed by atoms with Crippen LogP contribution in [0.2, 0.25) is 0 Å². The molecule has 1 heteroatoms. The van der Waals surface area contributed by atoms with Crippen LogP contribution in [0, 0.1) is 12.8 Å². The van der Waals surface area contributed by atoms with Crippen molar-refractivity contribution in [3.8, 4) is 0 Å². The van der Waals surface area contributed by atoms with Crippen LogP contribution in [0.15, 0.2) is 18.2 Å². The highest BCUT2D eigenvalue weighted by molar-refractivity contribution is 5.34. The van der Waals surface area contributed by atoms with E-state index < -0.39 is 0 Å². The third-order valence-corrected chi connectivity index (χ3v) is 3.64.